The summed E-state index contributed by atoms with van der Waals surface area (Å²) in [4.78, 5) is 8.75. The standard InChI is InChI=1S/C10H16N4O/c1-11-10-13-8-4-6-12-5-3-7(8)9(14-10)15-2/h12H,3-6H2,1-2H3,(H,11,13,14). The molecule has 1 aromatic heterocycles. The van der Waals surface area contributed by atoms with Crippen LogP contribution in [0.5, 0.6) is 5.88 Å². The average Bonchev–Trinajstić information content (AvgIpc) is 2.52. The van der Waals surface area contributed by atoms with Crippen LogP contribution in [0.4, 0.5) is 5.95 Å². The van der Waals surface area contributed by atoms with Crippen LogP contribution in [0.15, 0.2) is 0 Å². The molecule has 0 radical (unpaired) electrons. The van der Waals surface area contributed by atoms with Crippen LogP contribution < -0.4 is 15.4 Å². The number of ether oxygens (including phenoxy) is 1. The summed E-state index contributed by atoms with van der Waals surface area (Å²) < 4.78 is 5.29. The van der Waals surface area contributed by atoms with Crippen molar-refractivity contribution in [1.29, 1.82) is 0 Å². The molecule has 1 aromatic rings. The van der Waals surface area contributed by atoms with Gasteiger partial charge in [0, 0.05) is 25.6 Å². The lowest BCUT2D eigenvalue weighted by atomic mass is 10.1. The van der Waals surface area contributed by atoms with Crippen LogP contribution in [0, 0.1) is 0 Å². The summed E-state index contributed by atoms with van der Waals surface area (Å²) in [7, 11) is 3.47. The highest BCUT2D eigenvalue weighted by Crippen LogP contribution is 2.22. The van der Waals surface area contributed by atoms with Gasteiger partial charge in [-0.05, 0) is 13.0 Å². The lowest BCUT2D eigenvalue weighted by molar-refractivity contribution is 0.391. The molecular formula is C10H16N4O. The van der Waals surface area contributed by atoms with Crippen molar-refractivity contribution in [2.75, 3.05) is 32.6 Å². The van der Waals surface area contributed by atoms with Crippen LogP contribution >= 0.6 is 0 Å². The summed E-state index contributed by atoms with van der Waals surface area (Å²) in [6.07, 6.45) is 1.87. The van der Waals surface area contributed by atoms with Gasteiger partial charge in [0.05, 0.1) is 12.8 Å². The molecule has 0 spiro atoms. The topological polar surface area (TPSA) is 59.1 Å². The van der Waals surface area contributed by atoms with Crippen LogP contribution in [0.2, 0.25) is 0 Å². The highest BCUT2D eigenvalue weighted by atomic mass is 16.5. The molecule has 0 aromatic carbocycles. The Balaban J connectivity index is 2.45. The fourth-order valence-electron chi connectivity index (χ4n) is 1.79. The quantitative estimate of drug-likeness (QED) is 0.728. The number of fused-ring (bicyclic) bond motifs is 1. The molecule has 2 N–H and O–H groups in total. The molecule has 15 heavy (non-hydrogen) atoms. The van der Waals surface area contributed by atoms with Crippen LogP contribution in [0.3, 0.4) is 0 Å². The number of hydrogen-bond donors (Lipinski definition) is 2. The Morgan fingerprint density at radius 2 is 2.07 bits per heavy atom. The summed E-state index contributed by atoms with van der Waals surface area (Å²) in [6.45, 7) is 1.93. The molecule has 1 aliphatic heterocycles. The second kappa shape index (κ2) is 4.44. The zero-order valence-electron chi connectivity index (χ0n) is 9.13. The van der Waals surface area contributed by atoms with Crippen molar-refractivity contribution in [1.82, 2.24) is 15.3 Å². The Labute approximate surface area is 89.3 Å². The second-order valence-corrected chi connectivity index (χ2v) is 3.48. The maximum absolute atomic E-state index is 5.29. The SMILES string of the molecule is CNc1nc2c(c(OC)n1)CCNCC2. The van der Waals surface area contributed by atoms with Crippen molar-refractivity contribution in [2.24, 2.45) is 0 Å². The molecule has 5 nitrogen and oxygen atoms in total. The van der Waals surface area contributed by atoms with Gasteiger partial charge >= 0.3 is 0 Å². The molecule has 82 valence electrons. The van der Waals surface area contributed by atoms with E-state index in [2.05, 4.69) is 20.6 Å². The lowest BCUT2D eigenvalue weighted by Crippen LogP contribution is -2.16. The van der Waals surface area contributed by atoms with Crippen LogP contribution in [-0.4, -0.2) is 37.2 Å². The van der Waals surface area contributed by atoms with Gasteiger partial charge in [-0.2, -0.15) is 4.98 Å². The van der Waals surface area contributed by atoms with E-state index < -0.39 is 0 Å². The second-order valence-electron chi connectivity index (χ2n) is 3.48. The third-order valence-corrected chi connectivity index (χ3v) is 2.56. The maximum atomic E-state index is 5.29. The maximum Gasteiger partial charge on any atom is 0.225 e. The van der Waals surface area contributed by atoms with Gasteiger partial charge in [0.15, 0.2) is 0 Å². The Morgan fingerprint density at radius 3 is 2.80 bits per heavy atom. The minimum absolute atomic E-state index is 0.632. The Kier molecular flexibility index (Phi) is 3.01. The summed E-state index contributed by atoms with van der Waals surface area (Å²) in [6, 6.07) is 0. The fourth-order valence-corrected chi connectivity index (χ4v) is 1.79. The number of hydrogen-bond acceptors (Lipinski definition) is 5. The van der Waals surface area contributed by atoms with Gasteiger partial charge in [0.25, 0.3) is 0 Å². The van der Waals surface area contributed by atoms with Gasteiger partial charge < -0.3 is 15.4 Å². The van der Waals surface area contributed by atoms with Gasteiger partial charge in [-0.15, -0.1) is 0 Å². The highest BCUT2D eigenvalue weighted by molar-refractivity contribution is 5.39. The third-order valence-electron chi connectivity index (χ3n) is 2.56. The Hall–Kier alpha value is -1.36. The van der Waals surface area contributed by atoms with E-state index in [1.165, 1.54) is 0 Å². The first kappa shape index (κ1) is 10.2. The summed E-state index contributed by atoms with van der Waals surface area (Å²) >= 11 is 0. The molecule has 0 unspecified atom stereocenters. The Morgan fingerprint density at radius 1 is 1.27 bits per heavy atom. The number of nitrogens with one attached hydrogen (secondary N) is 2. The highest BCUT2D eigenvalue weighted by Gasteiger charge is 2.16. The molecular weight excluding hydrogens is 192 g/mol. The van der Waals surface area contributed by atoms with E-state index in [4.69, 9.17) is 4.74 Å². The predicted molar refractivity (Wildman–Crippen MR) is 58.4 cm³/mol. The van der Waals surface area contributed by atoms with Crippen LogP contribution in [0.1, 0.15) is 11.3 Å². The minimum atomic E-state index is 0.632. The van der Waals surface area contributed by atoms with Gasteiger partial charge in [-0.3, -0.25) is 0 Å². The molecule has 0 amide bonds. The predicted octanol–water partition coefficient (Wildman–Crippen LogP) is 0.215. The smallest absolute Gasteiger partial charge is 0.225 e. The number of aromatic nitrogens is 2. The molecule has 5 heteroatoms. The van der Waals surface area contributed by atoms with Gasteiger partial charge in [-0.25, -0.2) is 4.98 Å². The normalized spacial score (nSPS) is 15.3. The van der Waals surface area contributed by atoms with Gasteiger partial charge in [-0.1, -0.05) is 0 Å². The molecule has 0 saturated carbocycles. The molecule has 0 fully saturated rings. The van der Waals surface area contributed by atoms with E-state index in [9.17, 15) is 0 Å². The molecule has 2 heterocycles. The average molecular weight is 208 g/mol. The first-order valence-corrected chi connectivity index (χ1v) is 5.17. The van der Waals surface area contributed by atoms with Crippen molar-refractivity contribution in [3.8, 4) is 5.88 Å². The van der Waals surface area contributed by atoms with E-state index in [0.29, 0.717) is 11.8 Å². The Bertz CT molecular complexity index is 354. The van der Waals surface area contributed by atoms with Crippen LogP contribution in [0.25, 0.3) is 0 Å². The first-order chi connectivity index (χ1) is 7.35. The van der Waals surface area contributed by atoms with Gasteiger partial charge in [0.2, 0.25) is 11.8 Å². The first-order valence-electron chi connectivity index (χ1n) is 5.17. The fraction of sp³-hybridized carbons (Fsp3) is 0.600. The van der Waals surface area contributed by atoms with Crippen molar-refractivity contribution in [3.63, 3.8) is 0 Å². The molecule has 2 rings (SSSR count). The molecule has 1 aliphatic rings. The van der Waals surface area contributed by atoms with Gasteiger partial charge in [0.1, 0.15) is 0 Å². The lowest BCUT2D eigenvalue weighted by Gasteiger charge is -2.11. The summed E-state index contributed by atoms with van der Waals surface area (Å²) in [5, 5.41) is 6.29. The zero-order chi connectivity index (χ0) is 10.7. The number of methoxy groups -OCH3 is 1. The molecule has 0 bridgehead atoms. The van der Waals surface area contributed by atoms with Crippen molar-refractivity contribution in [2.45, 2.75) is 12.8 Å². The van der Waals surface area contributed by atoms with E-state index in [1.54, 1.807) is 7.11 Å². The van der Waals surface area contributed by atoms with E-state index in [0.717, 1.165) is 37.2 Å². The van der Waals surface area contributed by atoms with E-state index >= 15 is 0 Å². The summed E-state index contributed by atoms with van der Waals surface area (Å²) in [5.74, 6) is 1.33. The van der Waals surface area contributed by atoms with Crippen molar-refractivity contribution < 1.29 is 4.74 Å². The molecule has 0 aliphatic carbocycles. The van der Waals surface area contributed by atoms with E-state index in [1.807, 2.05) is 7.05 Å². The monoisotopic (exact) mass is 208 g/mol. The molecule has 0 atom stereocenters. The third kappa shape index (κ3) is 2.02. The zero-order valence-corrected chi connectivity index (χ0v) is 9.13. The number of nitrogens with zero attached hydrogens (tertiary/aromatic N) is 2. The van der Waals surface area contributed by atoms with Crippen molar-refractivity contribution >= 4 is 5.95 Å². The van der Waals surface area contributed by atoms with Crippen molar-refractivity contribution in [3.05, 3.63) is 11.3 Å². The van der Waals surface area contributed by atoms with E-state index in [-0.39, 0.29) is 0 Å². The minimum Gasteiger partial charge on any atom is -0.481 e. The van der Waals surface area contributed by atoms with Crippen LogP contribution in [-0.2, 0) is 12.8 Å². The number of anilines is 1. The summed E-state index contributed by atoms with van der Waals surface area (Å²) in [5.41, 5.74) is 2.23. The molecule has 0 saturated heterocycles. The largest absolute Gasteiger partial charge is 0.481 e. The number of rotatable bonds is 2.